The second-order valence-corrected chi connectivity index (χ2v) is 4.65. The van der Waals surface area contributed by atoms with E-state index in [1.165, 1.54) is 12.8 Å². The highest BCUT2D eigenvalue weighted by Crippen LogP contribution is 2.26. The molecule has 88 valence electrons. The third-order valence-corrected chi connectivity index (χ3v) is 3.85. The summed E-state index contributed by atoms with van der Waals surface area (Å²) in [6, 6.07) is 0.211. The van der Waals surface area contributed by atoms with E-state index in [2.05, 4.69) is 18.7 Å². The second kappa shape index (κ2) is 5.50. The lowest BCUT2D eigenvalue weighted by atomic mass is 10.0. The first-order valence-electron chi connectivity index (χ1n) is 6.06. The zero-order valence-electron chi connectivity index (χ0n) is 10.1. The predicted molar refractivity (Wildman–Crippen MR) is 60.8 cm³/mol. The molecule has 3 heteroatoms. The SMILES string of the molecule is CCC(CC)CN1CCC(C(=O)O)C1C. The van der Waals surface area contributed by atoms with Crippen LogP contribution in [-0.2, 0) is 4.79 Å². The Morgan fingerprint density at radius 2 is 2.07 bits per heavy atom. The van der Waals surface area contributed by atoms with E-state index in [0.717, 1.165) is 25.4 Å². The van der Waals surface area contributed by atoms with Gasteiger partial charge in [0.05, 0.1) is 5.92 Å². The largest absolute Gasteiger partial charge is 0.481 e. The molecule has 1 saturated heterocycles. The molecule has 15 heavy (non-hydrogen) atoms. The first kappa shape index (κ1) is 12.5. The molecule has 0 aromatic carbocycles. The van der Waals surface area contributed by atoms with E-state index in [-0.39, 0.29) is 12.0 Å². The van der Waals surface area contributed by atoms with Crippen LogP contribution in [0.1, 0.15) is 40.0 Å². The minimum absolute atomic E-state index is 0.153. The third kappa shape index (κ3) is 2.94. The maximum atomic E-state index is 11.0. The van der Waals surface area contributed by atoms with Gasteiger partial charge in [-0.3, -0.25) is 9.69 Å². The van der Waals surface area contributed by atoms with Crippen LogP contribution in [-0.4, -0.2) is 35.1 Å². The fourth-order valence-electron chi connectivity index (χ4n) is 2.47. The van der Waals surface area contributed by atoms with Crippen LogP contribution in [0, 0.1) is 11.8 Å². The van der Waals surface area contributed by atoms with Gasteiger partial charge in [-0.05, 0) is 25.8 Å². The molecule has 1 heterocycles. The number of nitrogens with zero attached hydrogens (tertiary/aromatic N) is 1. The summed E-state index contributed by atoms with van der Waals surface area (Å²) in [6.45, 7) is 8.49. The van der Waals surface area contributed by atoms with Crippen LogP contribution in [0.4, 0.5) is 0 Å². The van der Waals surface area contributed by atoms with Crippen molar-refractivity contribution in [2.45, 2.75) is 46.1 Å². The van der Waals surface area contributed by atoms with E-state index in [4.69, 9.17) is 5.11 Å². The number of carbonyl (C=O) groups is 1. The fourth-order valence-corrected chi connectivity index (χ4v) is 2.47. The second-order valence-electron chi connectivity index (χ2n) is 4.65. The van der Waals surface area contributed by atoms with Gasteiger partial charge in [0.2, 0.25) is 0 Å². The average Bonchev–Trinajstić information content (AvgIpc) is 2.56. The van der Waals surface area contributed by atoms with Crippen LogP contribution in [0.15, 0.2) is 0 Å². The first-order chi connectivity index (χ1) is 7.10. The lowest BCUT2D eigenvalue weighted by Gasteiger charge is -2.26. The molecular weight excluding hydrogens is 190 g/mol. The molecule has 2 atom stereocenters. The Hall–Kier alpha value is -0.570. The molecule has 3 nitrogen and oxygen atoms in total. The Morgan fingerprint density at radius 1 is 1.47 bits per heavy atom. The number of carboxylic acid groups (broad SMARTS) is 1. The summed E-state index contributed by atoms with van der Waals surface area (Å²) in [5, 5.41) is 9.02. The van der Waals surface area contributed by atoms with Gasteiger partial charge in [-0.2, -0.15) is 0 Å². The van der Waals surface area contributed by atoms with E-state index in [1.54, 1.807) is 0 Å². The molecule has 0 aromatic heterocycles. The van der Waals surface area contributed by atoms with Crippen LogP contribution >= 0.6 is 0 Å². The molecule has 1 N–H and O–H groups in total. The summed E-state index contributed by atoms with van der Waals surface area (Å²) < 4.78 is 0. The average molecular weight is 213 g/mol. The van der Waals surface area contributed by atoms with Gasteiger partial charge in [0.25, 0.3) is 0 Å². The van der Waals surface area contributed by atoms with Crippen LogP contribution in [0.2, 0.25) is 0 Å². The van der Waals surface area contributed by atoms with Crippen molar-refractivity contribution in [3.05, 3.63) is 0 Å². The molecule has 0 bridgehead atoms. The molecule has 0 radical (unpaired) electrons. The maximum absolute atomic E-state index is 11.0. The van der Waals surface area contributed by atoms with Crippen molar-refractivity contribution in [3.63, 3.8) is 0 Å². The van der Waals surface area contributed by atoms with Crippen LogP contribution in [0.5, 0.6) is 0 Å². The van der Waals surface area contributed by atoms with Gasteiger partial charge in [-0.25, -0.2) is 0 Å². The van der Waals surface area contributed by atoms with Crippen molar-refractivity contribution in [2.75, 3.05) is 13.1 Å². The number of carboxylic acids is 1. The number of hydrogen-bond acceptors (Lipinski definition) is 2. The first-order valence-corrected chi connectivity index (χ1v) is 6.06. The van der Waals surface area contributed by atoms with Crippen molar-refractivity contribution in [1.29, 1.82) is 0 Å². The van der Waals surface area contributed by atoms with Gasteiger partial charge >= 0.3 is 5.97 Å². The van der Waals surface area contributed by atoms with Gasteiger partial charge in [-0.15, -0.1) is 0 Å². The van der Waals surface area contributed by atoms with Crippen LogP contribution in [0.3, 0.4) is 0 Å². The highest BCUT2D eigenvalue weighted by molar-refractivity contribution is 5.71. The van der Waals surface area contributed by atoms with Gasteiger partial charge in [0, 0.05) is 12.6 Å². The normalized spacial score (nSPS) is 27.5. The molecule has 0 spiro atoms. The molecular formula is C12H23NO2. The quantitative estimate of drug-likeness (QED) is 0.761. The standard InChI is InChI=1S/C12H23NO2/c1-4-10(5-2)8-13-7-6-11(9(13)3)12(14)15/h9-11H,4-8H2,1-3H3,(H,14,15). The minimum Gasteiger partial charge on any atom is -0.481 e. The molecule has 1 fully saturated rings. The fraction of sp³-hybridized carbons (Fsp3) is 0.917. The molecule has 2 unspecified atom stereocenters. The third-order valence-electron chi connectivity index (χ3n) is 3.85. The Kier molecular flexibility index (Phi) is 4.58. The van der Waals surface area contributed by atoms with E-state index in [1.807, 2.05) is 6.92 Å². The van der Waals surface area contributed by atoms with Crippen molar-refractivity contribution < 1.29 is 9.90 Å². The van der Waals surface area contributed by atoms with Crippen molar-refractivity contribution in [2.24, 2.45) is 11.8 Å². The van der Waals surface area contributed by atoms with Gasteiger partial charge in [-0.1, -0.05) is 26.7 Å². The number of likely N-dealkylation sites (tertiary alicyclic amines) is 1. The number of rotatable bonds is 5. The topological polar surface area (TPSA) is 40.5 Å². The monoisotopic (exact) mass is 213 g/mol. The molecule has 1 aliphatic rings. The van der Waals surface area contributed by atoms with Gasteiger partial charge < -0.3 is 5.11 Å². The minimum atomic E-state index is -0.630. The van der Waals surface area contributed by atoms with E-state index >= 15 is 0 Å². The lowest BCUT2D eigenvalue weighted by Crippen LogP contribution is -2.36. The molecule has 0 saturated carbocycles. The summed E-state index contributed by atoms with van der Waals surface area (Å²) >= 11 is 0. The molecule has 0 amide bonds. The highest BCUT2D eigenvalue weighted by Gasteiger charge is 2.35. The smallest absolute Gasteiger partial charge is 0.308 e. The zero-order valence-corrected chi connectivity index (χ0v) is 10.1. The van der Waals surface area contributed by atoms with Gasteiger partial charge in [0.1, 0.15) is 0 Å². The maximum Gasteiger partial charge on any atom is 0.308 e. The summed E-state index contributed by atoms with van der Waals surface area (Å²) in [5.74, 6) is -0.0612. The molecule has 1 aliphatic heterocycles. The molecule has 0 aromatic rings. The summed E-state index contributed by atoms with van der Waals surface area (Å²) in [6.07, 6.45) is 3.20. The Labute approximate surface area is 92.5 Å². The molecule has 1 rings (SSSR count). The Balaban J connectivity index is 2.48. The molecule has 0 aliphatic carbocycles. The number of hydrogen-bond donors (Lipinski definition) is 1. The predicted octanol–water partition coefficient (Wildman–Crippen LogP) is 2.22. The van der Waals surface area contributed by atoms with Gasteiger partial charge in [0.15, 0.2) is 0 Å². The summed E-state index contributed by atoms with van der Waals surface area (Å²) in [5.41, 5.74) is 0. The Morgan fingerprint density at radius 3 is 2.47 bits per heavy atom. The highest BCUT2D eigenvalue weighted by atomic mass is 16.4. The van der Waals surface area contributed by atoms with Crippen LogP contribution < -0.4 is 0 Å². The summed E-state index contributed by atoms with van der Waals surface area (Å²) in [4.78, 5) is 13.3. The Bertz CT molecular complexity index is 214. The van der Waals surface area contributed by atoms with Crippen molar-refractivity contribution in [3.8, 4) is 0 Å². The van der Waals surface area contributed by atoms with Crippen molar-refractivity contribution >= 4 is 5.97 Å². The summed E-state index contributed by atoms with van der Waals surface area (Å²) in [7, 11) is 0. The van der Waals surface area contributed by atoms with E-state index in [0.29, 0.717) is 0 Å². The van der Waals surface area contributed by atoms with Crippen molar-refractivity contribution in [1.82, 2.24) is 4.90 Å². The van der Waals surface area contributed by atoms with E-state index < -0.39 is 5.97 Å². The lowest BCUT2D eigenvalue weighted by molar-refractivity contribution is -0.142. The van der Waals surface area contributed by atoms with E-state index in [9.17, 15) is 4.79 Å². The zero-order chi connectivity index (χ0) is 11.4. The van der Waals surface area contributed by atoms with Crippen LogP contribution in [0.25, 0.3) is 0 Å². The number of aliphatic carboxylic acids is 1.